The first-order valence-electron chi connectivity index (χ1n) is 7.36. The van der Waals surface area contributed by atoms with E-state index in [2.05, 4.69) is 67.7 Å². The van der Waals surface area contributed by atoms with Crippen molar-refractivity contribution in [3.05, 3.63) is 53.3 Å². The zero-order chi connectivity index (χ0) is 14.5. The van der Waals surface area contributed by atoms with Crippen LogP contribution in [0.5, 0.6) is 0 Å². The van der Waals surface area contributed by atoms with E-state index in [0.717, 1.165) is 13.0 Å². The zero-order valence-electron chi connectivity index (χ0n) is 12.9. The van der Waals surface area contributed by atoms with Gasteiger partial charge in [-0.05, 0) is 24.8 Å². The third kappa shape index (κ3) is 3.94. The van der Waals surface area contributed by atoms with Gasteiger partial charge in [0.1, 0.15) is 0 Å². The van der Waals surface area contributed by atoms with E-state index >= 15 is 0 Å². The minimum atomic E-state index is 0.456. The van der Waals surface area contributed by atoms with Crippen LogP contribution in [0.15, 0.2) is 36.5 Å². The van der Waals surface area contributed by atoms with Crippen molar-refractivity contribution in [2.75, 3.05) is 0 Å². The number of nitrogens with zero attached hydrogens (tertiary/aromatic N) is 2. The van der Waals surface area contributed by atoms with Gasteiger partial charge < -0.3 is 5.32 Å². The van der Waals surface area contributed by atoms with Gasteiger partial charge in [-0.3, -0.25) is 4.68 Å². The molecule has 1 unspecified atom stereocenters. The molecule has 0 aliphatic rings. The number of rotatable bonds is 6. The minimum absolute atomic E-state index is 0.456. The molecule has 20 heavy (non-hydrogen) atoms. The van der Waals surface area contributed by atoms with Crippen molar-refractivity contribution in [3.8, 4) is 0 Å². The molecule has 0 saturated carbocycles. The molecule has 1 atom stereocenters. The molecule has 1 heterocycles. The number of benzene rings is 1. The van der Waals surface area contributed by atoms with Crippen LogP contribution in [-0.4, -0.2) is 15.8 Å². The fraction of sp³-hybridized carbons (Fsp3) is 0.471. The van der Waals surface area contributed by atoms with Crippen LogP contribution in [0.25, 0.3) is 0 Å². The molecule has 1 N–H and O–H groups in total. The number of hydrogen-bond acceptors (Lipinski definition) is 2. The molecule has 0 spiro atoms. The summed E-state index contributed by atoms with van der Waals surface area (Å²) in [4.78, 5) is 0. The van der Waals surface area contributed by atoms with Crippen LogP contribution in [0.1, 0.15) is 43.5 Å². The van der Waals surface area contributed by atoms with Gasteiger partial charge in [0.25, 0.3) is 0 Å². The van der Waals surface area contributed by atoms with Gasteiger partial charge in [-0.2, -0.15) is 5.10 Å². The van der Waals surface area contributed by atoms with Crippen molar-refractivity contribution < 1.29 is 0 Å². The molecule has 1 aromatic heterocycles. The molecule has 0 radical (unpaired) electrons. The Morgan fingerprint density at radius 2 is 1.85 bits per heavy atom. The van der Waals surface area contributed by atoms with E-state index in [0.29, 0.717) is 12.0 Å². The summed E-state index contributed by atoms with van der Waals surface area (Å²) < 4.78 is 1.91. The van der Waals surface area contributed by atoms with Crippen LogP contribution >= 0.6 is 0 Å². The predicted octanol–water partition coefficient (Wildman–Crippen LogP) is 3.26. The summed E-state index contributed by atoms with van der Waals surface area (Å²) >= 11 is 0. The fourth-order valence-corrected chi connectivity index (χ4v) is 2.50. The van der Waals surface area contributed by atoms with Gasteiger partial charge >= 0.3 is 0 Å². The fourth-order valence-electron chi connectivity index (χ4n) is 2.50. The first-order valence-corrected chi connectivity index (χ1v) is 7.36. The standard InChI is InChI=1S/C17H25N3/c1-13(2)17-16(12-20(4)19-17)11-18-14(3)10-15-8-6-5-7-9-15/h5-9,12-14,18H,10-11H2,1-4H3. The highest BCUT2D eigenvalue weighted by Gasteiger charge is 2.12. The van der Waals surface area contributed by atoms with Crippen molar-refractivity contribution in [1.29, 1.82) is 0 Å². The lowest BCUT2D eigenvalue weighted by molar-refractivity contribution is 0.542. The zero-order valence-corrected chi connectivity index (χ0v) is 12.9. The Bertz CT molecular complexity index is 528. The first-order chi connectivity index (χ1) is 9.56. The molecule has 0 bridgehead atoms. The molecule has 3 nitrogen and oxygen atoms in total. The highest BCUT2D eigenvalue weighted by atomic mass is 15.3. The van der Waals surface area contributed by atoms with Crippen LogP contribution in [0.3, 0.4) is 0 Å². The maximum Gasteiger partial charge on any atom is 0.0694 e. The highest BCUT2D eigenvalue weighted by molar-refractivity contribution is 5.20. The van der Waals surface area contributed by atoms with Gasteiger partial charge in [0.05, 0.1) is 5.69 Å². The monoisotopic (exact) mass is 271 g/mol. The Labute approximate surface area is 122 Å². The Kier molecular flexibility index (Phi) is 4.96. The van der Waals surface area contributed by atoms with E-state index in [-0.39, 0.29) is 0 Å². The van der Waals surface area contributed by atoms with Crippen molar-refractivity contribution in [3.63, 3.8) is 0 Å². The lowest BCUT2D eigenvalue weighted by Crippen LogP contribution is -2.27. The van der Waals surface area contributed by atoms with Crippen molar-refractivity contribution in [1.82, 2.24) is 15.1 Å². The van der Waals surface area contributed by atoms with Crippen LogP contribution in [0, 0.1) is 0 Å². The van der Waals surface area contributed by atoms with Gasteiger partial charge in [-0.1, -0.05) is 44.2 Å². The largest absolute Gasteiger partial charge is 0.310 e. The second kappa shape index (κ2) is 6.71. The second-order valence-electron chi connectivity index (χ2n) is 5.84. The average molecular weight is 271 g/mol. The summed E-state index contributed by atoms with van der Waals surface area (Å²) in [6.45, 7) is 7.51. The summed E-state index contributed by atoms with van der Waals surface area (Å²) in [6.07, 6.45) is 3.18. The van der Waals surface area contributed by atoms with Crippen LogP contribution in [-0.2, 0) is 20.0 Å². The van der Waals surface area contributed by atoms with Gasteiger partial charge in [-0.15, -0.1) is 0 Å². The molecule has 3 heteroatoms. The summed E-state index contributed by atoms with van der Waals surface area (Å²) in [7, 11) is 1.99. The van der Waals surface area contributed by atoms with Crippen LogP contribution < -0.4 is 5.32 Å². The van der Waals surface area contributed by atoms with E-state index in [1.165, 1.54) is 16.8 Å². The summed E-state index contributed by atoms with van der Waals surface area (Å²) in [5.74, 6) is 0.470. The quantitative estimate of drug-likeness (QED) is 0.874. The summed E-state index contributed by atoms with van der Waals surface area (Å²) in [6, 6.07) is 11.1. The maximum absolute atomic E-state index is 4.55. The lowest BCUT2D eigenvalue weighted by Gasteiger charge is -2.14. The normalized spacial score (nSPS) is 12.8. The second-order valence-corrected chi connectivity index (χ2v) is 5.84. The molecule has 1 aromatic carbocycles. The van der Waals surface area contributed by atoms with E-state index < -0.39 is 0 Å². The molecule has 0 aliphatic heterocycles. The van der Waals surface area contributed by atoms with Crippen molar-refractivity contribution in [2.24, 2.45) is 7.05 Å². The van der Waals surface area contributed by atoms with Gasteiger partial charge in [0, 0.05) is 31.4 Å². The molecular weight excluding hydrogens is 246 g/mol. The molecule has 0 amide bonds. The Hall–Kier alpha value is -1.61. The van der Waals surface area contributed by atoms with Crippen LogP contribution in [0.4, 0.5) is 0 Å². The van der Waals surface area contributed by atoms with Crippen molar-refractivity contribution in [2.45, 2.75) is 45.7 Å². The maximum atomic E-state index is 4.55. The highest BCUT2D eigenvalue weighted by Crippen LogP contribution is 2.17. The lowest BCUT2D eigenvalue weighted by atomic mass is 10.0. The molecule has 108 valence electrons. The summed E-state index contributed by atoms with van der Waals surface area (Å²) in [5.41, 5.74) is 3.89. The number of hydrogen-bond donors (Lipinski definition) is 1. The molecular formula is C17H25N3. The smallest absolute Gasteiger partial charge is 0.0694 e. The molecule has 2 aromatic rings. The van der Waals surface area contributed by atoms with E-state index in [4.69, 9.17) is 0 Å². The van der Waals surface area contributed by atoms with Crippen LogP contribution in [0.2, 0.25) is 0 Å². The number of nitrogens with one attached hydrogen (secondary N) is 1. The summed E-state index contributed by atoms with van der Waals surface area (Å²) in [5, 5.41) is 8.15. The van der Waals surface area contributed by atoms with Crippen molar-refractivity contribution >= 4 is 0 Å². The predicted molar refractivity (Wildman–Crippen MR) is 83.7 cm³/mol. The Morgan fingerprint density at radius 3 is 2.50 bits per heavy atom. The van der Waals surface area contributed by atoms with Gasteiger partial charge in [0.2, 0.25) is 0 Å². The number of aryl methyl sites for hydroxylation is 1. The van der Waals surface area contributed by atoms with E-state index in [9.17, 15) is 0 Å². The first kappa shape index (κ1) is 14.8. The van der Waals surface area contributed by atoms with E-state index in [1.807, 2.05) is 11.7 Å². The van der Waals surface area contributed by atoms with Gasteiger partial charge in [0.15, 0.2) is 0 Å². The SMILES string of the molecule is CC(Cc1ccccc1)NCc1cn(C)nc1C(C)C. The molecule has 0 aliphatic carbocycles. The Balaban J connectivity index is 1.92. The average Bonchev–Trinajstić information content (AvgIpc) is 2.79. The number of aromatic nitrogens is 2. The molecule has 2 rings (SSSR count). The third-order valence-electron chi connectivity index (χ3n) is 3.51. The molecule has 0 fully saturated rings. The Morgan fingerprint density at radius 1 is 1.15 bits per heavy atom. The molecule has 0 saturated heterocycles. The third-order valence-corrected chi connectivity index (χ3v) is 3.51. The topological polar surface area (TPSA) is 29.9 Å². The minimum Gasteiger partial charge on any atom is -0.310 e. The van der Waals surface area contributed by atoms with Gasteiger partial charge in [-0.25, -0.2) is 0 Å². The van der Waals surface area contributed by atoms with E-state index in [1.54, 1.807) is 0 Å².